The molecule has 0 N–H and O–H groups in total. The van der Waals surface area contributed by atoms with Gasteiger partial charge in [-0.15, -0.1) is 0 Å². The molecule has 1 fully saturated rings. The Balaban J connectivity index is 1.86. The molecule has 20 heavy (non-hydrogen) atoms. The zero-order valence-electron chi connectivity index (χ0n) is 10.9. The van der Waals surface area contributed by atoms with Gasteiger partial charge in [-0.05, 0) is 30.2 Å². The van der Waals surface area contributed by atoms with Crippen LogP contribution in [-0.4, -0.2) is 28.5 Å². The van der Waals surface area contributed by atoms with Crippen molar-refractivity contribution in [1.82, 2.24) is 4.90 Å². The van der Waals surface area contributed by atoms with E-state index in [1.807, 2.05) is 31.2 Å². The van der Waals surface area contributed by atoms with Crippen LogP contribution in [0.3, 0.4) is 0 Å². The van der Waals surface area contributed by atoms with E-state index in [2.05, 4.69) is 0 Å². The van der Waals surface area contributed by atoms with Gasteiger partial charge in [0.25, 0.3) is 5.91 Å². The molecule has 0 aromatic heterocycles. The van der Waals surface area contributed by atoms with Gasteiger partial charge in [0.05, 0.1) is 4.91 Å². The van der Waals surface area contributed by atoms with Gasteiger partial charge in [0, 0.05) is 6.54 Å². The molecule has 0 unspecified atom stereocenters. The van der Waals surface area contributed by atoms with Crippen molar-refractivity contribution in [3.63, 3.8) is 0 Å². The van der Waals surface area contributed by atoms with Crippen LogP contribution in [0.25, 0.3) is 6.08 Å². The van der Waals surface area contributed by atoms with Crippen molar-refractivity contribution in [3.8, 4) is 11.5 Å². The summed E-state index contributed by atoms with van der Waals surface area (Å²) in [5.74, 6) is 1.43. The first-order valence-electron chi connectivity index (χ1n) is 6.34. The van der Waals surface area contributed by atoms with Crippen LogP contribution in [0.5, 0.6) is 11.5 Å². The maximum atomic E-state index is 12.2. The molecular weight excluding hydrogens is 294 g/mol. The highest BCUT2D eigenvalue weighted by Crippen LogP contribution is 2.36. The topological polar surface area (TPSA) is 38.8 Å². The first-order valence-corrected chi connectivity index (χ1v) is 7.56. The lowest BCUT2D eigenvalue weighted by Crippen LogP contribution is -2.28. The molecule has 0 atom stereocenters. The molecule has 0 aliphatic carbocycles. The van der Waals surface area contributed by atoms with E-state index < -0.39 is 0 Å². The molecule has 2 aliphatic heterocycles. The van der Waals surface area contributed by atoms with Crippen LogP contribution in [0.1, 0.15) is 18.9 Å². The molecule has 6 heteroatoms. The fourth-order valence-electron chi connectivity index (χ4n) is 2.07. The van der Waals surface area contributed by atoms with Crippen LogP contribution < -0.4 is 9.47 Å². The fourth-order valence-corrected chi connectivity index (χ4v) is 3.38. The van der Waals surface area contributed by atoms with E-state index in [4.69, 9.17) is 21.7 Å². The van der Waals surface area contributed by atoms with Crippen molar-refractivity contribution in [2.75, 3.05) is 13.3 Å². The Labute approximate surface area is 126 Å². The predicted octanol–water partition coefficient (Wildman–Crippen LogP) is 3.03. The number of benzene rings is 1. The summed E-state index contributed by atoms with van der Waals surface area (Å²) in [5.41, 5.74) is 0.909. The van der Waals surface area contributed by atoms with E-state index in [1.54, 1.807) is 4.90 Å². The molecule has 2 heterocycles. The molecule has 1 amide bonds. The average molecular weight is 307 g/mol. The van der Waals surface area contributed by atoms with E-state index in [0.717, 1.165) is 17.7 Å². The van der Waals surface area contributed by atoms with Gasteiger partial charge in [-0.2, -0.15) is 0 Å². The Hall–Kier alpha value is -1.53. The van der Waals surface area contributed by atoms with Crippen LogP contribution in [0, 0.1) is 0 Å². The van der Waals surface area contributed by atoms with Gasteiger partial charge >= 0.3 is 0 Å². The maximum absolute atomic E-state index is 12.2. The second-order valence-corrected chi connectivity index (χ2v) is 6.12. The van der Waals surface area contributed by atoms with Gasteiger partial charge in [0.1, 0.15) is 4.32 Å². The first-order chi connectivity index (χ1) is 9.69. The Kier molecular flexibility index (Phi) is 3.67. The summed E-state index contributed by atoms with van der Waals surface area (Å²) in [6, 6.07) is 5.62. The van der Waals surface area contributed by atoms with E-state index in [-0.39, 0.29) is 12.7 Å². The molecule has 1 aromatic rings. The number of carbonyl (C=O) groups is 1. The summed E-state index contributed by atoms with van der Waals surface area (Å²) in [6.45, 7) is 2.95. The SMILES string of the molecule is CCCN1C(=O)/C(=C/c2ccc3c(c2)OCO3)SC1=S. The molecule has 0 radical (unpaired) electrons. The normalized spacial score (nSPS) is 19.2. The van der Waals surface area contributed by atoms with Crippen LogP contribution in [0.4, 0.5) is 0 Å². The highest BCUT2D eigenvalue weighted by molar-refractivity contribution is 8.26. The van der Waals surface area contributed by atoms with E-state index >= 15 is 0 Å². The number of fused-ring (bicyclic) bond motifs is 1. The van der Waals surface area contributed by atoms with E-state index in [1.165, 1.54) is 11.8 Å². The zero-order chi connectivity index (χ0) is 14.1. The average Bonchev–Trinajstić information content (AvgIpc) is 2.99. The number of hydrogen-bond donors (Lipinski definition) is 0. The Morgan fingerprint density at radius 1 is 1.40 bits per heavy atom. The summed E-state index contributed by atoms with van der Waals surface area (Å²) < 4.78 is 11.2. The van der Waals surface area contributed by atoms with Crippen molar-refractivity contribution in [3.05, 3.63) is 28.7 Å². The van der Waals surface area contributed by atoms with Crippen molar-refractivity contribution < 1.29 is 14.3 Å². The van der Waals surface area contributed by atoms with Crippen LogP contribution >= 0.6 is 24.0 Å². The van der Waals surface area contributed by atoms with Crippen molar-refractivity contribution in [2.24, 2.45) is 0 Å². The molecule has 0 saturated carbocycles. The summed E-state index contributed by atoms with van der Waals surface area (Å²) >= 11 is 6.58. The second kappa shape index (κ2) is 5.46. The Morgan fingerprint density at radius 3 is 3.00 bits per heavy atom. The number of amides is 1. The minimum absolute atomic E-state index is 0.0143. The lowest BCUT2D eigenvalue weighted by atomic mass is 10.2. The third kappa shape index (κ3) is 2.41. The van der Waals surface area contributed by atoms with Crippen LogP contribution in [0.2, 0.25) is 0 Å². The van der Waals surface area contributed by atoms with Gasteiger partial charge in [0.15, 0.2) is 11.5 Å². The largest absolute Gasteiger partial charge is 0.454 e. The second-order valence-electron chi connectivity index (χ2n) is 4.45. The molecule has 2 aliphatic rings. The summed E-state index contributed by atoms with van der Waals surface area (Å²) in [5, 5.41) is 0. The highest BCUT2D eigenvalue weighted by atomic mass is 32.2. The molecule has 4 nitrogen and oxygen atoms in total. The number of thioether (sulfide) groups is 1. The van der Waals surface area contributed by atoms with Crippen molar-refractivity contribution >= 4 is 40.3 Å². The highest BCUT2D eigenvalue weighted by Gasteiger charge is 2.31. The first kappa shape index (κ1) is 13.5. The van der Waals surface area contributed by atoms with Crippen LogP contribution in [0.15, 0.2) is 23.1 Å². The molecule has 0 bridgehead atoms. The summed E-state index contributed by atoms with van der Waals surface area (Å²) in [6.07, 6.45) is 2.74. The number of nitrogens with zero attached hydrogens (tertiary/aromatic N) is 1. The minimum atomic E-state index is -0.0143. The lowest BCUT2D eigenvalue weighted by Gasteiger charge is -2.11. The summed E-state index contributed by atoms with van der Waals surface area (Å²) in [7, 11) is 0. The number of hydrogen-bond acceptors (Lipinski definition) is 5. The van der Waals surface area contributed by atoms with Gasteiger partial charge in [-0.1, -0.05) is 37.0 Å². The number of rotatable bonds is 3. The lowest BCUT2D eigenvalue weighted by molar-refractivity contribution is -0.122. The third-order valence-electron chi connectivity index (χ3n) is 3.02. The quantitative estimate of drug-likeness (QED) is 0.634. The molecule has 0 spiro atoms. The van der Waals surface area contributed by atoms with E-state index in [9.17, 15) is 4.79 Å². The zero-order valence-corrected chi connectivity index (χ0v) is 12.6. The van der Waals surface area contributed by atoms with E-state index in [0.29, 0.717) is 21.5 Å². The third-order valence-corrected chi connectivity index (χ3v) is 4.39. The number of carbonyl (C=O) groups excluding carboxylic acids is 1. The number of thiocarbonyl (C=S) groups is 1. The molecule has 3 rings (SSSR count). The molecule has 104 valence electrons. The van der Waals surface area contributed by atoms with Gasteiger partial charge in [-0.3, -0.25) is 9.69 Å². The van der Waals surface area contributed by atoms with Gasteiger partial charge in [-0.25, -0.2) is 0 Å². The number of ether oxygens (including phenoxy) is 2. The summed E-state index contributed by atoms with van der Waals surface area (Å²) in [4.78, 5) is 14.5. The van der Waals surface area contributed by atoms with Crippen molar-refractivity contribution in [2.45, 2.75) is 13.3 Å². The Morgan fingerprint density at radius 2 is 2.20 bits per heavy atom. The molecule has 1 aromatic carbocycles. The molecule has 1 saturated heterocycles. The fraction of sp³-hybridized carbons (Fsp3) is 0.286. The maximum Gasteiger partial charge on any atom is 0.266 e. The minimum Gasteiger partial charge on any atom is -0.454 e. The van der Waals surface area contributed by atoms with Gasteiger partial charge in [0.2, 0.25) is 6.79 Å². The monoisotopic (exact) mass is 307 g/mol. The Bertz CT molecular complexity index is 612. The predicted molar refractivity (Wildman–Crippen MR) is 82.7 cm³/mol. The van der Waals surface area contributed by atoms with Crippen LogP contribution in [-0.2, 0) is 4.79 Å². The standard InChI is InChI=1S/C14H13NO3S2/c1-2-5-15-13(16)12(20-14(15)19)7-9-3-4-10-11(6-9)18-8-17-10/h3-4,6-7H,2,5,8H2,1H3/b12-7-. The molecular formula is C14H13NO3S2. The van der Waals surface area contributed by atoms with Crippen molar-refractivity contribution in [1.29, 1.82) is 0 Å². The smallest absolute Gasteiger partial charge is 0.266 e. The van der Waals surface area contributed by atoms with Gasteiger partial charge < -0.3 is 9.47 Å².